The van der Waals surface area contributed by atoms with Crippen LogP contribution in [0.1, 0.15) is 25.3 Å². The maximum atomic E-state index is 11.9. The summed E-state index contributed by atoms with van der Waals surface area (Å²) in [6.45, 7) is 3.57. The van der Waals surface area contributed by atoms with Crippen LogP contribution in [0.15, 0.2) is 18.2 Å². The number of amides is 1. The molecule has 0 radical (unpaired) electrons. The molecule has 1 N–H and O–H groups in total. The molecule has 6 heteroatoms. The molecule has 19 heavy (non-hydrogen) atoms. The van der Waals surface area contributed by atoms with Crippen LogP contribution >= 0.6 is 0 Å². The van der Waals surface area contributed by atoms with Gasteiger partial charge < -0.3 is 10.1 Å². The molecule has 1 aliphatic rings. The normalized spacial score (nSPS) is 22.2. The van der Waals surface area contributed by atoms with Crippen molar-refractivity contribution < 1.29 is 14.5 Å². The molecule has 0 aliphatic carbocycles. The summed E-state index contributed by atoms with van der Waals surface area (Å²) in [6.07, 6.45) is 1.26. The number of nitrogens with one attached hydrogen (secondary N) is 1. The smallest absolute Gasteiger partial charge is 0.272 e. The number of carbonyl (C=O) groups excluding carboxylic acids is 1. The lowest BCUT2D eigenvalue weighted by Crippen LogP contribution is -2.27. The third-order valence-corrected chi connectivity index (χ3v) is 3.19. The Kier molecular flexibility index (Phi) is 3.80. The number of aryl methyl sites for hydroxylation is 1. The molecule has 2 rings (SSSR count). The second-order valence-corrected chi connectivity index (χ2v) is 4.76. The molecule has 0 aromatic heterocycles. The number of rotatable bonds is 3. The summed E-state index contributed by atoms with van der Waals surface area (Å²) < 4.78 is 5.47. The zero-order chi connectivity index (χ0) is 14.0. The van der Waals surface area contributed by atoms with Crippen LogP contribution in [-0.4, -0.2) is 23.0 Å². The van der Waals surface area contributed by atoms with Gasteiger partial charge in [-0.1, -0.05) is 0 Å². The second-order valence-electron chi connectivity index (χ2n) is 4.76. The molecule has 2 atom stereocenters. The Labute approximate surface area is 110 Å². The van der Waals surface area contributed by atoms with Crippen molar-refractivity contribution in [2.45, 2.75) is 38.9 Å². The number of anilines is 1. The molecule has 102 valence electrons. The summed E-state index contributed by atoms with van der Waals surface area (Å²) in [5.74, 6) is -0.197. The number of benzene rings is 1. The van der Waals surface area contributed by atoms with Gasteiger partial charge in [0.05, 0.1) is 11.0 Å². The Balaban J connectivity index is 2.05. The Morgan fingerprint density at radius 2 is 2.21 bits per heavy atom. The van der Waals surface area contributed by atoms with Crippen molar-refractivity contribution in [2.24, 2.45) is 0 Å². The monoisotopic (exact) mass is 264 g/mol. The molecule has 0 saturated carbocycles. The van der Waals surface area contributed by atoms with Crippen molar-refractivity contribution in [1.82, 2.24) is 0 Å². The maximum absolute atomic E-state index is 11.9. The molecule has 1 aromatic carbocycles. The van der Waals surface area contributed by atoms with Gasteiger partial charge in [-0.2, -0.15) is 0 Å². The van der Waals surface area contributed by atoms with Crippen LogP contribution in [0.3, 0.4) is 0 Å². The third kappa shape index (κ3) is 3.08. The third-order valence-electron chi connectivity index (χ3n) is 3.19. The molecular weight excluding hydrogens is 248 g/mol. The minimum atomic E-state index is -0.442. The largest absolute Gasteiger partial charge is 0.365 e. The van der Waals surface area contributed by atoms with E-state index in [1.807, 2.05) is 6.92 Å². The average molecular weight is 264 g/mol. The molecule has 1 heterocycles. The van der Waals surface area contributed by atoms with E-state index in [1.54, 1.807) is 13.0 Å². The van der Waals surface area contributed by atoms with E-state index >= 15 is 0 Å². The van der Waals surface area contributed by atoms with Gasteiger partial charge >= 0.3 is 0 Å². The predicted molar refractivity (Wildman–Crippen MR) is 70.0 cm³/mol. The predicted octanol–water partition coefficient (Wildman–Crippen LogP) is 2.41. The van der Waals surface area contributed by atoms with Gasteiger partial charge in [-0.25, -0.2) is 0 Å². The van der Waals surface area contributed by atoms with Crippen LogP contribution in [0.2, 0.25) is 0 Å². The number of nitro benzene ring substituents is 1. The first-order valence-electron chi connectivity index (χ1n) is 6.18. The Bertz CT molecular complexity index is 515. The first kappa shape index (κ1) is 13.5. The topological polar surface area (TPSA) is 81.5 Å². The first-order chi connectivity index (χ1) is 8.97. The highest BCUT2D eigenvalue weighted by atomic mass is 16.6. The molecular formula is C13H16N2O4. The van der Waals surface area contributed by atoms with E-state index < -0.39 is 11.0 Å². The second kappa shape index (κ2) is 5.36. The van der Waals surface area contributed by atoms with Gasteiger partial charge in [0.1, 0.15) is 6.10 Å². The maximum Gasteiger partial charge on any atom is 0.272 e. The number of nitrogens with zero attached hydrogens (tertiary/aromatic N) is 1. The van der Waals surface area contributed by atoms with Crippen molar-refractivity contribution in [1.29, 1.82) is 0 Å². The van der Waals surface area contributed by atoms with Crippen LogP contribution in [0.4, 0.5) is 11.4 Å². The average Bonchev–Trinajstić information content (AvgIpc) is 2.75. The van der Waals surface area contributed by atoms with Crippen LogP contribution < -0.4 is 5.32 Å². The summed E-state index contributed by atoms with van der Waals surface area (Å²) in [5.41, 5.74) is 1.11. The van der Waals surface area contributed by atoms with Gasteiger partial charge in [-0.05, 0) is 38.8 Å². The van der Waals surface area contributed by atoms with Crippen LogP contribution in [-0.2, 0) is 9.53 Å². The quantitative estimate of drug-likeness (QED) is 0.671. The number of nitro groups is 1. The highest BCUT2D eigenvalue weighted by Crippen LogP contribution is 2.24. The lowest BCUT2D eigenvalue weighted by molar-refractivity contribution is -0.385. The number of hydrogen-bond acceptors (Lipinski definition) is 4. The molecule has 1 fully saturated rings. The molecule has 1 aromatic rings. The summed E-state index contributed by atoms with van der Waals surface area (Å²) >= 11 is 0. The summed E-state index contributed by atoms with van der Waals surface area (Å²) in [6, 6.07) is 4.51. The SMILES string of the molecule is Cc1cc(NC(=O)[C@@H]2CC[C@@H](C)O2)ccc1[N+](=O)[O-]. The fourth-order valence-corrected chi connectivity index (χ4v) is 2.16. The van der Waals surface area contributed by atoms with E-state index in [0.717, 1.165) is 6.42 Å². The highest BCUT2D eigenvalue weighted by Gasteiger charge is 2.28. The summed E-state index contributed by atoms with van der Waals surface area (Å²) in [4.78, 5) is 22.2. The van der Waals surface area contributed by atoms with E-state index in [2.05, 4.69) is 5.32 Å². The van der Waals surface area contributed by atoms with Crippen LogP contribution in [0.5, 0.6) is 0 Å². The van der Waals surface area contributed by atoms with Gasteiger partial charge in [0.25, 0.3) is 11.6 Å². The van der Waals surface area contributed by atoms with Crippen molar-refractivity contribution >= 4 is 17.3 Å². The molecule has 6 nitrogen and oxygen atoms in total. The Hall–Kier alpha value is -1.95. The first-order valence-corrected chi connectivity index (χ1v) is 6.18. The van der Waals surface area contributed by atoms with E-state index in [0.29, 0.717) is 17.7 Å². The van der Waals surface area contributed by atoms with E-state index in [-0.39, 0.29) is 17.7 Å². The summed E-state index contributed by atoms with van der Waals surface area (Å²) in [7, 11) is 0. The number of hydrogen-bond donors (Lipinski definition) is 1. The summed E-state index contributed by atoms with van der Waals surface area (Å²) in [5, 5.41) is 13.4. The van der Waals surface area contributed by atoms with Crippen molar-refractivity contribution in [2.75, 3.05) is 5.32 Å². The van der Waals surface area contributed by atoms with Gasteiger partial charge in [0.15, 0.2) is 0 Å². The molecule has 1 saturated heterocycles. The zero-order valence-electron chi connectivity index (χ0n) is 10.9. The molecule has 0 spiro atoms. The lowest BCUT2D eigenvalue weighted by Gasteiger charge is -2.12. The Morgan fingerprint density at radius 1 is 1.47 bits per heavy atom. The minimum Gasteiger partial charge on any atom is -0.365 e. The van der Waals surface area contributed by atoms with Gasteiger partial charge in [0, 0.05) is 17.3 Å². The van der Waals surface area contributed by atoms with E-state index in [4.69, 9.17) is 4.74 Å². The number of carbonyl (C=O) groups is 1. The fraction of sp³-hybridized carbons (Fsp3) is 0.462. The van der Waals surface area contributed by atoms with Gasteiger partial charge in [-0.15, -0.1) is 0 Å². The van der Waals surface area contributed by atoms with Crippen molar-refractivity contribution in [3.8, 4) is 0 Å². The number of ether oxygens (including phenoxy) is 1. The molecule has 0 unspecified atom stereocenters. The molecule has 1 aliphatic heterocycles. The van der Waals surface area contributed by atoms with E-state index in [9.17, 15) is 14.9 Å². The van der Waals surface area contributed by atoms with Crippen molar-refractivity contribution in [3.05, 3.63) is 33.9 Å². The van der Waals surface area contributed by atoms with Crippen molar-refractivity contribution in [3.63, 3.8) is 0 Å². The highest BCUT2D eigenvalue weighted by molar-refractivity contribution is 5.94. The minimum absolute atomic E-state index is 0.0451. The fourth-order valence-electron chi connectivity index (χ4n) is 2.16. The van der Waals surface area contributed by atoms with Gasteiger partial charge in [-0.3, -0.25) is 14.9 Å². The lowest BCUT2D eigenvalue weighted by atomic mass is 10.1. The Morgan fingerprint density at radius 3 is 2.74 bits per heavy atom. The zero-order valence-corrected chi connectivity index (χ0v) is 10.9. The van der Waals surface area contributed by atoms with Crippen LogP contribution in [0, 0.1) is 17.0 Å². The van der Waals surface area contributed by atoms with E-state index in [1.165, 1.54) is 12.1 Å². The molecule has 1 amide bonds. The molecule has 0 bridgehead atoms. The van der Waals surface area contributed by atoms with Crippen LogP contribution in [0.25, 0.3) is 0 Å². The van der Waals surface area contributed by atoms with Gasteiger partial charge in [0.2, 0.25) is 0 Å². The standard InChI is InChI=1S/C13H16N2O4/c1-8-7-10(4-5-11(8)15(17)18)14-13(16)12-6-3-9(2)19-12/h4-5,7,9,12H,3,6H2,1-2H3,(H,14,16)/t9-,12+/m1/s1.